The average Bonchev–Trinajstić information content (AvgIpc) is 1.55. The van der Waals surface area contributed by atoms with Crippen molar-refractivity contribution >= 4 is 194 Å². The smallest absolute Gasteiger partial charge is 0.135 e. The lowest BCUT2D eigenvalue weighted by atomic mass is 9.96. The van der Waals surface area contributed by atoms with Crippen LogP contribution in [0.3, 0.4) is 0 Å². The van der Waals surface area contributed by atoms with Gasteiger partial charge in [0, 0.05) is 129 Å². The molecular weight excluding hydrogens is 1810 g/mol. The Kier molecular flexibility index (Phi) is 20.0. The van der Waals surface area contributed by atoms with Crippen molar-refractivity contribution in [1.82, 2.24) is 22.8 Å². The van der Waals surface area contributed by atoms with E-state index in [1.165, 1.54) is 244 Å². The van der Waals surface area contributed by atoms with Gasteiger partial charge in [0.25, 0.3) is 0 Å². The lowest BCUT2D eigenvalue weighted by molar-refractivity contribution is 0.669. The van der Waals surface area contributed by atoms with Crippen LogP contribution in [0.15, 0.2) is 532 Å². The second-order valence-electron chi connectivity index (χ2n) is 38.0. The molecule has 0 saturated heterocycles. The van der Waals surface area contributed by atoms with Gasteiger partial charge in [0.15, 0.2) is 0 Å². The van der Waals surface area contributed by atoms with E-state index in [-0.39, 0.29) is 0 Å². The molecule has 8 heteroatoms. The molecule has 0 unspecified atom stereocenters. The van der Waals surface area contributed by atoms with Crippen LogP contribution in [0, 0.1) is 0 Å². The Labute approximate surface area is 848 Å². The fourth-order valence-corrected chi connectivity index (χ4v) is 25.5. The molecule has 0 radical (unpaired) electrons. The fraction of sp³-hybridized carbons (Fsp3) is 0. The second kappa shape index (κ2) is 34.6. The van der Waals surface area contributed by atoms with Gasteiger partial charge in [-0.1, -0.05) is 370 Å². The minimum atomic E-state index is 0.903. The number of para-hydroxylation sites is 8. The summed E-state index contributed by atoms with van der Waals surface area (Å²) in [5, 5.41) is 20.2. The molecule has 0 N–H and O–H groups in total. The zero-order valence-electron chi connectivity index (χ0n) is 79.2. The van der Waals surface area contributed by atoms with Crippen LogP contribution in [0.1, 0.15) is 0 Å². The highest BCUT2D eigenvalue weighted by Crippen LogP contribution is 2.49. The molecule has 6 nitrogen and oxygen atoms in total. The molecule has 8 aromatic heterocycles. The molecule has 31 rings (SSSR count). The number of fused-ring (bicyclic) bond motifs is 25. The van der Waals surface area contributed by atoms with Crippen LogP contribution in [-0.4, -0.2) is 22.8 Å². The Hall–Kier alpha value is -18.7. The number of thiophene rings is 2. The molecule has 0 saturated carbocycles. The SMILES string of the molecule is c1ccc(-c2ccc(-c3ccc(-n4c5ccc(-c6ccc7c(c6)c6ccccc6n7-c6ccc7oc8ccccc8c7c6)cc5c5ccc6c7ccccc7sc6c54)cc3)cc2)cc1.c1ccc(-n2c3ccccc3c3c(-c4ccc(-c5ccc6c(c5)sc5ccccc56)cc4)cccc32)cc1.c1ccc(-n2c3ccccc3c3ccc(-c4ccc(-c5cccc6c5c5ccccc5n6-c5ccccc5)cc4)cc32)cc1. The zero-order valence-corrected chi connectivity index (χ0v) is 80.8. The normalized spacial score (nSPS) is 11.8. The number of benzene rings is 23. The van der Waals surface area contributed by atoms with Crippen molar-refractivity contribution < 1.29 is 4.42 Å². The predicted molar refractivity (Wildman–Crippen MR) is 622 cm³/mol. The Bertz CT molecular complexity index is 10600. The fourth-order valence-electron chi connectivity index (χ4n) is 23.1. The summed E-state index contributed by atoms with van der Waals surface area (Å²) in [5.41, 5.74) is 36.9. The molecule has 146 heavy (non-hydrogen) atoms. The van der Waals surface area contributed by atoms with Gasteiger partial charge in [0.2, 0.25) is 0 Å². The van der Waals surface area contributed by atoms with E-state index in [0.29, 0.717) is 0 Å². The highest BCUT2D eigenvalue weighted by atomic mass is 32.1. The molecule has 0 amide bonds. The first kappa shape index (κ1) is 84.2. The Balaban J connectivity index is 0.000000108. The second-order valence-corrected chi connectivity index (χ2v) is 40.2. The summed E-state index contributed by atoms with van der Waals surface area (Å²) in [6.45, 7) is 0. The van der Waals surface area contributed by atoms with Crippen LogP contribution in [0.5, 0.6) is 0 Å². The van der Waals surface area contributed by atoms with Crippen molar-refractivity contribution in [3.05, 3.63) is 528 Å². The summed E-state index contributed by atoms with van der Waals surface area (Å²) in [7, 11) is 0. The van der Waals surface area contributed by atoms with Crippen LogP contribution in [0.4, 0.5) is 0 Å². The van der Waals surface area contributed by atoms with Crippen LogP contribution < -0.4 is 0 Å². The van der Waals surface area contributed by atoms with E-state index in [2.05, 4.69) is 538 Å². The summed E-state index contributed by atoms with van der Waals surface area (Å²) in [5.74, 6) is 0. The number of nitrogens with zero attached hydrogens (tertiary/aromatic N) is 5. The Morgan fingerprint density at radius 1 is 0.144 bits per heavy atom. The van der Waals surface area contributed by atoms with Crippen LogP contribution in [-0.2, 0) is 0 Å². The minimum absolute atomic E-state index is 0.903. The van der Waals surface area contributed by atoms with Crippen molar-refractivity contribution in [3.63, 3.8) is 0 Å². The quantitative estimate of drug-likeness (QED) is 0.120. The summed E-state index contributed by atoms with van der Waals surface area (Å²) in [6, 6.07) is 192. The van der Waals surface area contributed by atoms with Gasteiger partial charge in [-0.05, 0) is 236 Å². The van der Waals surface area contributed by atoms with Gasteiger partial charge in [-0.25, -0.2) is 0 Å². The zero-order chi connectivity index (χ0) is 96.0. The molecule has 8 heterocycles. The van der Waals surface area contributed by atoms with E-state index in [1.807, 2.05) is 34.8 Å². The molecule has 23 aromatic carbocycles. The van der Waals surface area contributed by atoms with Crippen molar-refractivity contribution in [2.45, 2.75) is 0 Å². The molecule has 0 atom stereocenters. The lowest BCUT2D eigenvalue weighted by Gasteiger charge is -2.11. The maximum absolute atomic E-state index is 6.21. The molecule has 0 aliphatic rings. The Morgan fingerprint density at radius 3 is 1.02 bits per heavy atom. The lowest BCUT2D eigenvalue weighted by Crippen LogP contribution is -1.94. The number of hydrogen-bond donors (Lipinski definition) is 0. The van der Waals surface area contributed by atoms with Crippen molar-refractivity contribution in [1.29, 1.82) is 0 Å². The first-order valence-corrected chi connectivity index (χ1v) is 51.5. The van der Waals surface area contributed by atoms with Crippen LogP contribution in [0.25, 0.3) is 278 Å². The largest absolute Gasteiger partial charge is 0.456 e. The van der Waals surface area contributed by atoms with Gasteiger partial charge in [0.05, 0.1) is 59.9 Å². The molecule has 0 bridgehead atoms. The van der Waals surface area contributed by atoms with Crippen LogP contribution in [0.2, 0.25) is 0 Å². The number of aromatic nitrogens is 5. The highest BCUT2D eigenvalue weighted by molar-refractivity contribution is 7.27. The van der Waals surface area contributed by atoms with Gasteiger partial charge in [-0.3, -0.25) is 0 Å². The summed E-state index contributed by atoms with van der Waals surface area (Å²) in [6.07, 6.45) is 0. The Morgan fingerprint density at radius 2 is 0.466 bits per heavy atom. The first-order chi connectivity index (χ1) is 72.4. The molecule has 0 spiro atoms. The standard InChI is InChI=1S/C60H36N2OS.C42H28N2.C36H23NS/c1-2-10-37(11-3-1)38-18-20-39(21-19-38)40-22-26-43(27-23-40)62-55-32-25-42(35-51(55)48-29-30-49-47-14-6-9-17-58(47)64-60(49)59(48)62)41-24-31-54-50(34-41)45-12-4-7-15-53(45)61(54)44-28-33-57-52(36-44)46-13-5-8-16-56(46)63-57;1-3-12-32(13-4-1)43-39-20-10-8-17-37(39)42-34(18-11-21-40(42)43)30-24-22-29(23-25-30)31-26-27-36-35-16-7-9-19-38(35)44(41(36)28-31)33-14-5-2-6-15-33;1-2-9-27(10-3-1)37-32-14-6-4-12-31(32)36-28(13-8-15-33(36)37)25-19-17-24(18-20-25)26-21-22-30-29-11-5-7-16-34(29)38-35(30)23-26/h1-36H;1-28H;1-23H. The third-order valence-electron chi connectivity index (χ3n) is 29.9. The van der Waals surface area contributed by atoms with E-state index in [9.17, 15) is 0 Å². The topological polar surface area (TPSA) is 37.8 Å². The number of rotatable bonds is 12. The van der Waals surface area contributed by atoms with E-state index >= 15 is 0 Å². The van der Waals surface area contributed by atoms with E-state index in [4.69, 9.17) is 4.42 Å². The molecular formula is C138H87N5OS2. The van der Waals surface area contributed by atoms with Gasteiger partial charge in [0.1, 0.15) is 11.2 Å². The van der Waals surface area contributed by atoms with E-state index < -0.39 is 0 Å². The third kappa shape index (κ3) is 14.0. The number of hydrogen-bond acceptors (Lipinski definition) is 3. The van der Waals surface area contributed by atoms with Crippen molar-refractivity contribution in [2.24, 2.45) is 0 Å². The molecule has 31 aromatic rings. The van der Waals surface area contributed by atoms with Gasteiger partial charge in [-0.2, -0.15) is 0 Å². The molecule has 0 fully saturated rings. The van der Waals surface area contributed by atoms with Gasteiger partial charge >= 0.3 is 0 Å². The van der Waals surface area contributed by atoms with E-state index in [1.54, 1.807) is 0 Å². The maximum atomic E-state index is 6.21. The van der Waals surface area contributed by atoms with Gasteiger partial charge in [-0.15, -0.1) is 22.7 Å². The summed E-state index contributed by atoms with van der Waals surface area (Å²) < 4.78 is 23.5. The third-order valence-corrected chi connectivity index (χ3v) is 32.2. The molecule has 0 aliphatic carbocycles. The van der Waals surface area contributed by atoms with Crippen LogP contribution >= 0.6 is 22.7 Å². The maximum Gasteiger partial charge on any atom is 0.135 e. The van der Waals surface area contributed by atoms with Crippen molar-refractivity contribution in [2.75, 3.05) is 0 Å². The molecule has 0 aliphatic heterocycles. The van der Waals surface area contributed by atoms with E-state index in [0.717, 1.165) is 33.3 Å². The summed E-state index contributed by atoms with van der Waals surface area (Å²) in [4.78, 5) is 0. The minimum Gasteiger partial charge on any atom is -0.456 e. The summed E-state index contributed by atoms with van der Waals surface area (Å²) >= 11 is 3.76. The highest BCUT2D eigenvalue weighted by Gasteiger charge is 2.25. The number of furan rings is 1. The average molecular weight is 1900 g/mol. The first-order valence-electron chi connectivity index (χ1n) is 49.9. The monoisotopic (exact) mass is 1890 g/mol. The van der Waals surface area contributed by atoms with Crippen molar-refractivity contribution in [3.8, 4) is 106 Å². The van der Waals surface area contributed by atoms with Gasteiger partial charge < -0.3 is 27.3 Å². The molecule has 682 valence electrons. The predicted octanol–water partition coefficient (Wildman–Crippen LogP) is 38.8.